The van der Waals surface area contributed by atoms with E-state index >= 15 is 0 Å². The molecule has 58 valence electrons. The van der Waals surface area contributed by atoms with Gasteiger partial charge in [0.15, 0.2) is 0 Å². The average molecular weight is 150 g/mol. The summed E-state index contributed by atoms with van der Waals surface area (Å²) in [4.78, 5) is 0. The lowest BCUT2D eigenvalue weighted by atomic mass is 10.0. The summed E-state index contributed by atoms with van der Waals surface area (Å²) >= 11 is 0. The summed E-state index contributed by atoms with van der Waals surface area (Å²) in [6.45, 7) is 5.51. The maximum absolute atomic E-state index is 8.64. The SMILES string of the molecule is Cc1noc(C)c1C(C)C#N. The van der Waals surface area contributed by atoms with Crippen molar-refractivity contribution < 1.29 is 4.52 Å². The third-order valence-corrected chi connectivity index (χ3v) is 1.72. The number of nitrogens with zero attached hydrogens (tertiary/aromatic N) is 2. The van der Waals surface area contributed by atoms with Crippen LogP contribution in [0.1, 0.15) is 29.9 Å². The second-order valence-electron chi connectivity index (χ2n) is 2.59. The van der Waals surface area contributed by atoms with Crippen molar-refractivity contribution in [3.05, 3.63) is 17.0 Å². The zero-order valence-electron chi connectivity index (χ0n) is 6.88. The molecule has 0 spiro atoms. The first kappa shape index (κ1) is 7.80. The molecule has 0 fully saturated rings. The summed E-state index contributed by atoms with van der Waals surface area (Å²) in [5.41, 5.74) is 1.74. The molecule has 0 bridgehead atoms. The minimum atomic E-state index is -0.124. The van der Waals surface area contributed by atoms with Crippen LogP contribution in [-0.4, -0.2) is 5.16 Å². The predicted molar refractivity (Wildman–Crippen MR) is 40.0 cm³/mol. The van der Waals surface area contributed by atoms with E-state index in [0.717, 1.165) is 17.0 Å². The summed E-state index contributed by atoms with van der Waals surface area (Å²) < 4.78 is 4.92. The summed E-state index contributed by atoms with van der Waals surface area (Å²) in [5, 5.41) is 12.4. The number of aromatic nitrogens is 1. The first-order chi connectivity index (χ1) is 5.16. The third kappa shape index (κ3) is 1.25. The minimum absolute atomic E-state index is 0.124. The Labute approximate surface area is 65.6 Å². The first-order valence-corrected chi connectivity index (χ1v) is 3.49. The molecule has 1 aromatic rings. The van der Waals surface area contributed by atoms with Crippen LogP contribution in [0.5, 0.6) is 0 Å². The molecule has 0 radical (unpaired) electrons. The topological polar surface area (TPSA) is 49.8 Å². The van der Waals surface area contributed by atoms with Crippen molar-refractivity contribution in [3.63, 3.8) is 0 Å². The second-order valence-corrected chi connectivity index (χ2v) is 2.59. The molecular weight excluding hydrogens is 140 g/mol. The Morgan fingerprint density at radius 2 is 2.18 bits per heavy atom. The van der Waals surface area contributed by atoms with Crippen molar-refractivity contribution >= 4 is 0 Å². The molecule has 1 rings (SSSR count). The summed E-state index contributed by atoms with van der Waals surface area (Å²) in [7, 11) is 0. The number of aryl methyl sites for hydroxylation is 2. The van der Waals surface area contributed by atoms with Gasteiger partial charge in [-0.15, -0.1) is 0 Å². The lowest BCUT2D eigenvalue weighted by Gasteiger charge is -1.98. The molecule has 0 aliphatic rings. The Morgan fingerprint density at radius 1 is 1.55 bits per heavy atom. The van der Waals surface area contributed by atoms with Crippen molar-refractivity contribution in [1.82, 2.24) is 5.16 Å². The van der Waals surface area contributed by atoms with E-state index in [1.54, 1.807) is 0 Å². The first-order valence-electron chi connectivity index (χ1n) is 3.49. The summed E-state index contributed by atoms with van der Waals surface area (Å²) in [6.07, 6.45) is 0. The fraction of sp³-hybridized carbons (Fsp3) is 0.500. The summed E-state index contributed by atoms with van der Waals surface area (Å²) in [5.74, 6) is 0.623. The predicted octanol–water partition coefficient (Wildman–Crippen LogP) is 1.92. The van der Waals surface area contributed by atoms with Gasteiger partial charge in [-0.3, -0.25) is 0 Å². The fourth-order valence-electron chi connectivity index (χ4n) is 1.17. The number of nitriles is 1. The highest BCUT2D eigenvalue weighted by atomic mass is 16.5. The molecular formula is C8H10N2O. The molecule has 0 aromatic carbocycles. The normalized spacial score (nSPS) is 12.5. The van der Waals surface area contributed by atoms with Crippen molar-refractivity contribution in [1.29, 1.82) is 5.26 Å². The molecule has 0 N–H and O–H groups in total. The molecule has 1 heterocycles. The molecule has 11 heavy (non-hydrogen) atoms. The van der Waals surface area contributed by atoms with Gasteiger partial charge in [0.05, 0.1) is 17.7 Å². The molecule has 1 unspecified atom stereocenters. The molecule has 0 aliphatic carbocycles. The van der Waals surface area contributed by atoms with Gasteiger partial charge in [0, 0.05) is 5.56 Å². The van der Waals surface area contributed by atoms with Crippen LogP contribution in [0.15, 0.2) is 4.52 Å². The van der Waals surface area contributed by atoms with Crippen LogP contribution in [0.3, 0.4) is 0 Å². The van der Waals surface area contributed by atoms with E-state index in [1.165, 1.54) is 0 Å². The van der Waals surface area contributed by atoms with Crippen molar-refractivity contribution in [2.75, 3.05) is 0 Å². The van der Waals surface area contributed by atoms with Crippen LogP contribution in [0.25, 0.3) is 0 Å². The third-order valence-electron chi connectivity index (χ3n) is 1.72. The largest absolute Gasteiger partial charge is 0.361 e. The minimum Gasteiger partial charge on any atom is -0.361 e. The summed E-state index contributed by atoms with van der Waals surface area (Å²) in [6, 6.07) is 2.15. The van der Waals surface area contributed by atoms with E-state index in [1.807, 2.05) is 20.8 Å². The maximum atomic E-state index is 8.64. The highest BCUT2D eigenvalue weighted by Crippen LogP contribution is 2.21. The monoisotopic (exact) mass is 150 g/mol. The Kier molecular flexibility index (Phi) is 1.95. The van der Waals surface area contributed by atoms with Crippen LogP contribution < -0.4 is 0 Å². The quantitative estimate of drug-likeness (QED) is 0.614. The lowest BCUT2D eigenvalue weighted by Crippen LogP contribution is -1.92. The maximum Gasteiger partial charge on any atom is 0.138 e. The van der Waals surface area contributed by atoms with E-state index < -0.39 is 0 Å². The van der Waals surface area contributed by atoms with Gasteiger partial charge in [-0.1, -0.05) is 5.16 Å². The van der Waals surface area contributed by atoms with Gasteiger partial charge in [-0.25, -0.2) is 0 Å². The highest BCUT2D eigenvalue weighted by Gasteiger charge is 2.14. The molecule has 0 aliphatic heterocycles. The molecule has 3 heteroatoms. The van der Waals surface area contributed by atoms with Gasteiger partial charge in [0.2, 0.25) is 0 Å². The van der Waals surface area contributed by atoms with E-state index in [4.69, 9.17) is 9.78 Å². The van der Waals surface area contributed by atoms with Crippen molar-refractivity contribution in [3.8, 4) is 6.07 Å². The van der Waals surface area contributed by atoms with Crippen LogP contribution in [-0.2, 0) is 0 Å². The van der Waals surface area contributed by atoms with Crippen molar-refractivity contribution in [2.24, 2.45) is 0 Å². The van der Waals surface area contributed by atoms with Crippen LogP contribution in [0.2, 0.25) is 0 Å². The molecule has 0 saturated heterocycles. The van der Waals surface area contributed by atoms with Gasteiger partial charge in [0.25, 0.3) is 0 Å². The van der Waals surface area contributed by atoms with Gasteiger partial charge in [-0.2, -0.15) is 5.26 Å². The Bertz CT molecular complexity index is 276. The van der Waals surface area contributed by atoms with Crippen LogP contribution in [0.4, 0.5) is 0 Å². The Hall–Kier alpha value is -1.30. The van der Waals surface area contributed by atoms with Gasteiger partial charge < -0.3 is 4.52 Å². The zero-order chi connectivity index (χ0) is 8.43. The molecule has 3 nitrogen and oxygen atoms in total. The molecule has 0 amide bonds. The second kappa shape index (κ2) is 2.75. The Morgan fingerprint density at radius 3 is 2.55 bits per heavy atom. The number of hydrogen-bond donors (Lipinski definition) is 0. The van der Waals surface area contributed by atoms with E-state index in [2.05, 4.69) is 11.2 Å². The van der Waals surface area contributed by atoms with E-state index in [0.29, 0.717) is 0 Å². The van der Waals surface area contributed by atoms with Gasteiger partial charge >= 0.3 is 0 Å². The standard InChI is InChI=1S/C8H10N2O/c1-5(4-9)8-6(2)10-11-7(8)3/h5H,1-3H3. The lowest BCUT2D eigenvalue weighted by molar-refractivity contribution is 0.392. The highest BCUT2D eigenvalue weighted by molar-refractivity contribution is 5.29. The average Bonchev–Trinajstić information content (AvgIpc) is 2.30. The smallest absolute Gasteiger partial charge is 0.138 e. The van der Waals surface area contributed by atoms with E-state index in [-0.39, 0.29) is 5.92 Å². The molecule has 0 saturated carbocycles. The zero-order valence-corrected chi connectivity index (χ0v) is 6.88. The number of rotatable bonds is 1. The van der Waals surface area contributed by atoms with Crippen LogP contribution >= 0.6 is 0 Å². The van der Waals surface area contributed by atoms with Gasteiger partial charge in [0.1, 0.15) is 5.76 Å². The van der Waals surface area contributed by atoms with Crippen LogP contribution in [0, 0.1) is 25.2 Å². The van der Waals surface area contributed by atoms with Gasteiger partial charge in [-0.05, 0) is 20.8 Å². The van der Waals surface area contributed by atoms with E-state index in [9.17, 15) is 0 Å². The van der Waals surface area contributed by atoms with Crippen molar-refractivity contribution in [2.45, 2.75) is 26.7 Å². The fourth-order valence-corrected chi connectivity index (χ4v) is 1.17. The number of hydrogen-bond acceptors (Lipinski definition) is 3. The molecule has 1 aromatic heterocycles. The molecule has 1 atom stereocenters. The Balaban J connectivity index is 3.12.